The molecule has 1 aliphatic rings. The Morgan fingerprint density at radius 1 is 1.13 bits per heavy atom. The number of nitrogens with one attached hydrogen (secondary N) is 1. The molecule has 0 radical (unpaired) electrons. The van der Waals surface area contributed by atoms with Crippen LogP contribution < -0.4 is 5.32 Å². The van der Waals surface area contributed by atoms with Crippen LogP contribution in [0.25, 0.3) is 5.69 Å². The lowest BCUT2D eigenvalue weighted by Gasteiger charge is -2.22. The van der Waals surface area contributed by atoms with Crippen molar-refractivity contribution in [3.63, 3.8) is 0 Å². The Kier molecular flexibility index (Phi) is 6.23. The number of likely N-dealkylation sites (N-methyl/N-ethyl adjacent to an activating group) is 1. The summed E-state index contributed by atoms with van der Waals surface area (Å²) in [4.78, 5) is 19.9. The molecular formula is C24H29N5O. The minimum Gasteiger partial charge on any atom is -0.348 e. The molecule has 1 aliphatic heterocycles. The van der Waals surface area contributed by atoms with Gasteiger partial charge in [0.15, 0.2) is 0 Å². The van der Waals surface area contributed by atoms with Crippen LogP contribution in [0.15, 0.2) is 54.6 Å². The van der Waals surface area contributed by atoms with Crippen molar-refractivity contribution in [2.24, 2.45) is 0 Å². The second-order valence-corrected chi connectivity index (χ2v) is 7.90. The van der Waals surface area contributed by atoms with Gasteiger partial charge in [0.05, 0.1) is 5.69 Å². The van der Waals surface area contributed by atoms with E-state index in [1.54, 1.807) is 4.68 Å². The number of likely N-dealkylation sites (tertiary alicyclic amines) is 1. The van der Waals surface area contributed by atoms with Gasteiger partial charge in [-0.3, -0.25) is 9.69 Å². The number of aryl methyl sites for hydroxylation is 1. The van der Waals surface area contributed by atoms with Crippen LogP contribution in [0.5, 0.6) is 0 Å². The van der Waals surface area contributed by atoms with E-state index in [1.807, 2.05) is 42.5 Å². The number of carbonyl (C=O) groups is 1. The van der Waals surface area contributed by atoms with Gasteiger partial charge in [0.1, 0.15) is 5.82 Å². The van der Waals surface area contributed by atoms with Crippen LogP contribution in [0, 0.1) is 6.92 Å². The Bertz CT molecular complexity index is 981. The molecule has 1 aromatic heterocycles. The molecule has 1 fully saturated rings. The first-order chi connectivity index (χ1) is 14.6. The zero-order valence-electron chi connectivity index (χ0n) is 17.7. The number of carbonyl (C=O) groups excluding carboxylic acids is 1. The fourth-order valence-electron chi connectivity index (χ4n) is 4.06. The van der Waals surface area contributed by atoms with Crippen molar-refractivity contribution in [2.75, 3.05) is 19.6 Å². The van der Waals surface area contributed by atoms with Gasteiger partial charge in [-0.1, -0.05) is 55.0 Å². The average Bonchev–Trinajstić information content (AvgIpc) is 3.40. The van der Waals surface area contributed by atoms with E-state index < -0.39 is 0 Å². The second kappa shape index (κ2) is 9.22. The summed E-state index contributed by atoms with van der Waals surface area (Å²) < 4.78 is 1.79. The van der Waals surface area contributed by atoms with Crippen LogP contribution in [0.4, 0.5) is 0 Å². The minimum absolute atomic E-state index is 0.210. The number of hydrogen-bond acceptors (Lipinski definition) is 4. The number of hydrogen-bond donors (Lipinski definition) is 1. The van der Waals surface area contributed by atoms with Gasteiger partial charge in [-0.25, -0.2) is 9.67 Å². The van der Waals surface area contributed by atoms with Crippen molar-refractivity contribution in [1.29, 1.82) is 0 Å². The first-order valence-electron chi connectivity index (χ1n) is 10.7. The van der Waals surface area contributed by atoms with Crippen molar-refractivity contribution in [2.45, 2.75) is 39.2 Å². The summed E-state index contributed by atoms with van der Waals surface area (Å²) in [6.45, 7) is 6.98. The molecule has 6 heteroatoms. The average molecular weight is 404 g/mol. The maximum absolute atomic E-state index is 12.8. The predicted molar refractivity (Wildman–Crippen MR) is 118 cm³/mol. The van der Waals surface area contributed by atoms with Crippen LogP contribution >= 0.6 is 0 Å². The lowest BCUT2D eigenvalue weighted by molar-refractivity contribution is 0.0931. The zero-order valence-corrected chi connectivity index (χ0v) is 17.7. The third-order valence-corrected chi connectivity index (χ3v) is 5.76. The Labute approximate surface area is 177 Å². The molecule has 6 nitrogen and oxygen atoms in total. The molecule has 0 saturated carbocycles. The van der Waals surface area contributed by atoms with E-state index >= 15 is 0 Å². The van der Waals surface area contributed by atoms with Gasteiger partial charge in [0.2, 0.25) is 5.82 Å². The zero-order chi connectivity index (χ0) is 20.9. The van der Waals surface area contributed by atoms with Crippen LogP contribution in [-0.4, -0.2) is 51.2 Å². The molecule has 2 aromatic carbocycles. The van der Waals surface area contributed by atoms with E-state index in [0.29, 0.717) is 19.0 Å². The van der Waals surface area contributed by atoms with Crippen LogP contribution in [0.2, 0.25) is 0 Å². The number of aromatic nitrogens is 3. The predicted octanol–water partition coefficient (Wildman–Crippen LogP) is 3.38. The third kappa shape index (κ3) is 4.60. The highest BCUT2D eigenvalue weighted by atomic mass is 16.2. The molecule has 4 rings (SSSR count). The first kappa shape index (κ1) is 20.3. The molecule has 0 bridgehead atoms. The molecule has 1 amide bonds. The quantitative estimate of drug-likeness (QED) is 0.657. The van der Waals surface area contributed by atoms with Gasteiger partial charge >= 0.3 is 0 Å². The van der Waals surface area contributed by atoms with Crippen molar-refractivity contribution >= 4 is 5.91 Å². The molecule has 2 heterocycles. The Morgan fingerprint density at radius 2 is 1.90 bits per heavy atom. The summed E-state index contributed by atoms with van der Waals surface area (Å²) in [6, 6.07) is 18.7. The van der Waals surface area contributed by atoms with Gasteiger partial charge in [-0.2, -0.15) is 0 Å². The highest BCUT2D eigenvalue weighted by Gasteiger charge is 2.24. The van der Waals surface area contributed by atoms with E-state index in [9.17, 15) is 4.79 Å². The van der Waals surface area contributed by atoms with Crippen LogP contribution in [0.1, 0.15) is 47.3 Å². The van der Waals surface area contributed by atoms with Crippen molar-refractivity contribution < 1.29 is 4.79 Å². The highest BCUT2D eigenvalue weighted by molar-refractivity contribution is 5.90. The number of nitrogens with zero attached hydrogens (tertiary/aromatic N) is 4. The van der Waals surface area contributed by atoms with Gasteiger partial charge < -0.3 is 5.32 Å². The van der Waals surface area contributed by atoms with Crippen LogP contribution in [-0.2, 0) is 6.42 Å². The topological polar surface area (TPSA) is 63.1 Å². The lowest BCUT2D eigenvalue weighted by atomic mass is 10.1. The summed E-state index contributed by atoms with van der Waals surface area (Å²) >= 11 is 0. The highest BCUT2D eigenvalue weighted by Crippen LogP contribution is 2.17. The summed E-state index contributed by atoms with van der Waals surface area (Å²) in [6.07, 6.45) is 2.93. The molecule has 0 spiro atoms. The summed E-state index contributed by atoms with van der Waals surface area (Å²) in [5.74, 6) is 0.770. The van der Waals surface area contributed by atoms with Crippen LogP contribution in [0.3, 0.4) is 0 Å². The Hall–Kier alpha value is -2.99. The fourth-order valence-corrected chi connectivity index (χ4v) is 4.06. The second-order valence-electron chi connectivity index (χ2n) is 7.90. The maximum Gasteiger partial charge on any atom is 0.291 e. The van der Waals surface area contributed by atoms with Gasteiger partial charge in [-0.05, 0) is 50.6 Å². The van der Waals surface area contributed by atoms with E-state index in [1.165, 1.54) is 12.0 Å². The van der Waals surface area contributed by atoms with Gasteiger partial charge in [-0.15, -0.1) is 5.10 Å². The summed E-state index contributed by atoms with van der Waals surface area (Å²) in [5, 5.41) is 7.62. The van der Waals surface area contributed by atoms with Gasteiger partial charge in [0.25, 0.3) is 5.91 Å². The van der Waals surface area contributed by atoms with E-state index in [-0.39, 0.29) is 11.7 Å². The molecular weight excluding hydrogens is 374 g/mol. The van der Waals surface area contributed by atoms with Crippen molar-refractivity contribution in [3.05, 3.63) is 77.4 Å². The molecule has 0 aliphatic carbocycles. The minimum atomic E-state index is -0.210. The smallest absolute Gasteiger partial charge is 0.291 e. The maximum atomic E-state index is 12.8. The van der Waals surface area contributed by atoms with E-state index in [0.717, 1.165) is 36.6 Å². The molecule has 156 valence electrons. The Balaban J connectivity index is 1.56. The van der Waals surface area contributed by atoms with Crippen molar-refractivity contribution in [1.82, 2.24) is 25.0 Å². The summed E-state index contributed by atoms with van der Waals surface area (Å²) in [5.41, 5.74) is 3.22. The molecule has 3 aromatic rings. The number of amides is 1. The standard InChI is InChI=1S/C24H29N5O/c1-3-28-15-7-10-21(28)17-25-24(30)23-26-22(16-19-8-5-4-6-9-19)29(27-23)20-13-11-18(2)12-14-20/h4-6,8-9,11-14,21H,3,7,10,15-17H2,1-2H3,(H,25,30)/t21-/m0/s1. The SMILES string of the molecule is CCN1CCC[C@H]1CNC(=O)c1nc(Cc2ccccc2)n(-c2ccc(C)cc2)n1. The molecule has 1 N–H and O–H groups in total. The normalized spacial score (nSPS) is 16.7. The summed E-state index contributed by atoms with van der Waals surface area (Å²) in [7, 11) is 0. The number of benzene rings is 2. The van der Waals surface area contributed by atoms with E-state index in [2.05, 4.69) is 46.3 Å². The van der Waals surface area contributed by atoms with Gasteiger partial charge in [0, 0.05) is 19.0 Å². The van der Waals surface area contributed by atoms with E-state index in [4.69, 9.17) is 0 Å². The monoisotopic (exact) mass is 403 g/mol. The van der Waals surface area contributed by atoms with Crippen molar-refractivity contribution in [3.8, 4) is 5.69 Å². The molecule has 1 atom stereocenters. The molecule has 1 saturated heterocycles. The lowest BCUT2D eigenvalue weighted by Crippen LogP contribution is -2.40. The fraction of sp³-hybridized carbons (Fsp3) is 0.375. The third-order valence-electron chi connectivity index (χ3n) is 5.76. The largest absolute Gasteiger partial charge is 0.348 e. The molecule has 30 heavy (non-hydrogen) atoms. The Morgan fingerprint density at radius 3 is 2.63 bits per heavy atom. The first-order valence-corrected chi connectivity index (χ1v) is 10.7. The molecule has 0 unspecified atom stereocenters. The number of rotatable bonds is 7.